The molecule has 0 spiro atoms. The number of rotatable bonds is 5. The van der Waals surface area contributed by atoms with Gasteiger partial charge < -0.3 is 10.8 Å². The molecular weight excluding hydrogens is 198 g/mol. The van der Waals surface area contributed by atoms with Crippen molar-refractivity contribution in [1.82, 2.24) is 0 Å². The lowest BCUT2D eigenvalue weighted by Gasteiger charge is -2.12. The Morgan fingerprint density at radius 1 is 1.31 bits per heavy atom. The van der Waals surface area contributed by atoms with Crippen LogP contribution in [0.3, 0.4) is 0 Å². The van der Waals surface area contributed by atoms with Crippen LogP contribution in [0.2, 0.25) is 0 Å². The molecule has 1 fully saturated rings. The maximum atomic E-state index is 9.83. The smallest absolute Gasteiger partial charge is 0.0690 e. The zero-order chi connectivity index (χ0) is 11.6. The van der Waals surface area contributed by atoms with Gasteiger partial charge in [-0.1, -0.05) is 31.2 Å². The fourth-order valence-electron chi connectivity index (χ4n) is 2.08. The summed E-state index contributed by atoms with van der Waals surface area (Å²) in [5, 5.41) is 9.83. The normalized spacial score (nSPS) is 19.4. The summed E-state index contributed by atoms with van der Waals surface area (Å²) in [5.41, 5.74) is 7.75. The molecular formula is C14H21NO. The van der Waals surface area contributed by atoms with Gasteiger partial charge in [-0.25, -0.2) is 0 Å². The standard InChI is InChI=1S/C14H21NO/c1-11(6-9-15)13-4-2-12(3-5-13)10-14(16)7-8-14/h2-5,11,16H,6-10,15H2,1H3. The van der Waals surface area contributed by atoms with Crippen molar-refractivity contribution in [3.63, 3.8) is 0 Å². The number of hydrogen-bond donors (Lipinski definition) is 2. The molecule has 1 aromatic carbocycles. The Kier molecular flexibility index (Phi) is 3.31. The van der Waals surface area contributed by atoms with E-state index in [2.05, 4.69) is 31.2 Å². The van der Waals surface area contributed by atoms with E-state index in [4.69, 9.17) is 5.73 Å². The van der Waals surface area contributed by atoms with Gasteiger partial charge >= 0.3 is 0 Å². The van der Waals surface area contributed by atoms with Crippen LogP contribution >= 0.6 is 0 Å². The molecule has 1 atom stereocenters. The number of aliphatic hydroxyl groups is 1. The largest absolute Gasteiger partial charge is 0.390 e. The highest BCUT2D eigenvalue weighted by Gasteiger charge is 2.39. The second kappa shape index (κ2) is 4.56. The van der Waals surface area contributed by atoms with Crippen LogP contribution in [0.1, 0.15) is 43.2 Å². The highest BCUT2D eigenvalue weighted by atomic mass is 16.3. The Morgan fingerprint density at radius 2 is 1.94 bits per heavy atom. The Balaban J connectivity index is 1.98. The van der Waals surface area contributed by atoms with Crippen LogP contribution in [0.4, 0.5) is 0 Å². The highest BCUT2D eigenvalue weighted by molar-refractivity contribution is 5.27. The van der Waals surface area contributed by atoms with Gasteiger partial charge in [-0.05, 0) is 42.9 Å². The number of benzene rings is 1. The first-order chi connectivity index (χ1) is 7.63. The predicted octanol–water partition coefficient (Wildman–Crippen LogP) is 2.21. The topological polar surface area (TPSA) is 46.2 Å². The minimum Gasteiger partial charge on any atom is -0.390 e. The maximum Gasteiger partial charge on any atom is 0.0690 e. The van der Waals surface area contributed by atoms with Crippen molar-refractivity contribution in [2.75, 3.05) is 6.54 Å². The van der Waals surface area contributed by atoms with Gasteiger partial charge in [0, 0.05) is 6.42 Å². The van der Waals surface area contributed by atoms with E-state index in [1.165, 1.54) is 11.1 Å². The van der Waals surface area contributed by atoms with Crippen LogP contribution in [0.15, 0.2) is 24.3 Å². The predicted molar refractivity (Wildman–Crippen MR) is 66.4 cm³/mol. The van der Waals surface area contributed by atoms with E-state index >= 15 is 0 Å². The minimum absolute atomic E-state index is 0.385. The van der Waals surface area contributed by atoms with Gasteiger partial charge in [0.1, 0.15) is 0 Å². The van der Waals surface area contributed by atoms with E-state index in [1.54, 1.807) is 0 Å². The van der Waals surface area contributed by atoms with Crippen LogP contribution in [0, 0.1) is 0 Å². The van der Waals surface area contributed by atoms with Crippen LogP contribution in [0.25, 0.3) is 0 Å². The molecule has 1 aromatic rings. The average molecular weight is 219 g/mol. The van der Waals surface area contributed by atoms with Crippen molar-refractivity contribution < 1.29 is 5.11 Å². The van der Waals surface area contributed by atoms with E-state index in [9.17, 15) is 5.11 Å². The van der Waals surface area contributed by atoms with Crippen LogP contribution in [0.5, 0.6) is 0 Å². The molecule has 1 saturated carbocycles. The Hall–Kier alpha value is -0.860. The molecule has 1 unspecified atom stereocenters. The maximum absolute atomic E-state index is 9.83. The molecule has 0 amide bonds. The third kappa shape index (κ3) is 2.83. The molecule has 0 aromatic heterocycles. The molecule has 0 heterocycles. The summed E-state index contributed by atoms with van der Waals surface area (Å²) < 4.78 is 0. The van der Waals surface area contributed by atoms with Gasteiger partial charge in [-0.15, -0.1) is 0 Å². The van der Waals surface area contributed by atoms with E-state index < -0.39 is 0 Å². The Morgan fingerprint density at radius 3 is 2.44 bits per heavy atom. The van der Waals surface area contributed by atoms with Crippen LogP contribution in [-0.4, -0.2) is 17.3 Å². The second-order valence-electron chi connectivity index (χ2n) is 5.12. The van der Waals surface area contributed by atoms with Crippen molar-refractivity contribution >= 4 is 0 Å². The van der Waals surface area contributed by atoms with E-state index in [0.717, 1.165) is 32.2 Å². The molecule has 2 rings (SSSR count). The lowest BCUT2D eigenvalue weighted by atomic mass is 9.95. The molecule has 0 bridgehead atoms. The summed E-state index contributed by atoms with van der Waals surface area (Å²) in [4.78, 5) is 0. The molecule has 16 heavy (non-hydrogen) atoms. The zero-order valence-corrected chi connectivity index (χ0v) is 9.95. The zero-order valence-electron chi connectivity index (χ0n) is 9.95. The summed E-state index contributed by atoms with van der Waals surface area (Å²) in [6.07, 6.45) is 3.75. The molecule has 0 aliphatic heterocycles. The van der Waals surface area contributed by atoms with Crippen LogP contribution < -0.4 is 5.73 Å². The lowest BCUT2D eigenvalue weighted by Crippen LogP contribution is -2.10. The molecule has 0 saturated heterocycles. The number of hydrogen-bond acceptors (Lipinski definition) is 2. The fraction of sp³-hybridized carbons (Fsp3) is 0.571. The summed E-state index contributed by atoms with van der Waals surface area (Å²) >= 11 is 0. The molecule has 1 aliphatic carbocycles. The second-order valence-corrected chi connectivity index (χ2v) is 5.12. The van der Waals surface area contributed by atoms with E-state index in [-0.39, 0.29) is 5.60 Å². The molecule has 3 N–H and O–H groups in total. The summed E-state index contributed by atoms with van der Waals surface area (Å²) in [5.74, 6) is 0.531. The monoisotopic (exact) mass is 219 g/mol. The molecule has 0 radical (unpaired) electrons. The van der Waals surface area contributed by atoms with E-state index in [0.29, 0.717) is 5.92 Å². The third-order valence-corrected chi connectivity index (χ3v) is 3.51. The van der Waals surface area contributed by atoms with Gasteiger partial charge in [-0.2, -0.15) is 0 Å². The average Bonchev–Trinajstić information content (AvgIpc) is 2.97. The molecule has 1 aliphatic rings. The van der Waals surface area contributed by atoms with Crippen molar-refractivity contribution in [2.45, 2.75) is 44.1 Å². The highest BCUT2D eigenvalue weighted by Crippen LogP contribution is 2.38. The molecule has 2 heteroatoms. The minimum atomic E-state index is -0.385. The molecule has 88 valence electrons. The fourth-order valence-corrected chi connectivity index (χ4v) is 2.08. The van der Waals surface area contributed by atoms with Gasteiger partial charge in [0.15, 0.2) is 0 Å². The van der Waals surface area contributed by atoms with Gasteiger partial charge in [0.25, 0.3) is 0 Å². The Labute approximate surface area is 97.5 Å². The van der Waals surface area contributed by atoms with Crippen molar-refractivity contribution in [3.8, 4) is 0 Å². The molecule has 2 nitrogen and oxygen atoms in total. The first-order valence-electron chi connectivity index (χ1n) is 6.14. The quantitative estimate of drug-likeness (QED) is 0.797. The third-order valence-electron chi connectivity index (χ3n) is 3.51. The summed E-state index contributed by atoms with van der Waals surface area (Å²) in [6.45, 7) is 2.94. The Bertz CT molecular complexity index is 340. The van der Waals surface area contributed by atoms with E-state index in [1.807, 2.05) is 0 Å². The van der Waals surface area contributed by atoms with Gasteiger partial charge in [0.05, 0.1) is 5.60 Å². The van der Waals surface area contributed by atoms with Crippen molar-refractivity contribution in [3.05, 3.63) is 35.4 Å². The van der Waals surface area contributed by atoms with Crippen molar-refractivity contribution in [1.29, 1.82) is 0 Å². The SMILES string of the molecule is CC(CCN)c1ccc(CC2(O)CC2)cc1. The lowest BCUT2D eigenvalue weighted by molar-refractivity contribution is 0.151. The summed E-state index contributed by atoms with van der Waals surface area (Å²) in [6, 6.07) is 8.61. The first kappa shape index (κ1) is 11.6. The van der Waals surface area contributed by atoms with Crippen LogP contribution in [-0.2, 0) is 6.42 Å². The summed E-state index contributed by atoms with van der Waals surface area (Å²) in [7, 11) is 0. The van der Waals surface area contributed by atoms with Gasteiger partial charge in [0.2, 0.25) is 0 Å². The van der Waals surface area contributed by atoms with Crippen molar-refractivity contribution in [2.24, 2.45) is 5.73 Å². The van der Waals surface area contributed by atoms with Gasteiger partial charge in [-0.3, -0.25) is 0 Å². The first-order valence-corrected chi connectivity index (χ1v) is 6.14. The number of nitrogens with two attached hydrogens (primary N) is 1.